The van der Waals surface area contributed by atoms with Crippen LogP contribution in [-0.2, 0) is 0 Å². The lowest BCUT2D eigenvalue weighted by Crippen LogP contribution is -1.94. The highest BCUT2D eigenvalue weighted by Crippen LogP contribution is 2.27. The summed E-state index contributed by atoms with van der Waals surface area (Å²) in [5.74, 6) is 0. The van der Waals surface area contributed by atoms with Gasteiger partial charge >= 0.3 is 0 Å². The molecule has 2 N–H and O–H groups in total. The lowest BCUT2D eigenvalue weighted by molar-refractivity contribution is 1.01. The molecule has 0 aliphatic rings. The normalized spacial score (nSPS) is 11.4. The number of fused-ring (bicyclic) bond motifs is 1. The third kappa shape index (κ3) is 2.26. The Morgan fingerprint density at radius 2 is 1.88 bits per heavy atom. The van der Waals surface area contributed by atoms with Gasteiger partial charge in [0.15, 0.2) is 0 Å². The van der Waals surface area contributed by atoms with Gasteiger partial charge in [-0.15, -0.1) is 0 Å². The molecule has 0 aliphatic heterocycles. The molecule has 16 heavy (non-hydrogen) atoms. The fourth-order valence-electron chi connectivity index (χ4n) is 1.77. The zero-order valence-electron chi connectivity index (χ0n) is 8.99. The first-order valence-electron chi connectivity index (χ1n) is 5.37. The maximum Gasteiger partial charge on any atom is 0.0490 e. The number of rotatable bonds is 3. The first kappa shape index (κ1) is 11.2. The largest absolute Gasteiger partial charge is 0.330 e. The van der Waals surface area contributed by atoms with E-state index in [2.05, 4.69) is 30.4 Å². The molecule has 0 heterocycles. The van der Waals surface area contributed by atoms with Crippen molar-refractivity contribution in [3.05, 3.63) is 53.1 Å². The summed E-state index contributed by atoms with van der Waals surface area (Å²) in [5.41, 5.74) is 6.61. The van der Waals surface area contributed by atoms with Crippen LogP contribution in [0.5, 0.6) is 0 Å². The molecule has 0 saturated heterocycles. The van der Waals surface area contributed by atoms with Gasteiger partial charge in [-0.05, 0) is 30.0 Å². The molecule has 0 radical (unpaired) electrons. The number of hydrogen-bond acceptors (Lipinski definition) is 1. The third-order valence-corrected chi connectivity index (χ3v) is 2.83. The summed E-state index contributed by atoms with van der Waals surface area (Å²) >= 11 is 6.22. The summed E-state index contributed by atoms with van der Waals surface area (Å²) in [6, 6.07) is 12.1. The predicted octanol–water partition coefficient (Wildman–Crippen LogP) is 3.86. The zero-order chi connectivity index (χ0) is 11.4. The molecule has 0 spiro atoms. The molecule has 2 aromatic rings. The van der Waals surface area contributed by atoms with Crippen molar-refractivity contribution < 1.29 is 0 Å². The quantitative estimate of drug-likeness (QED) is 0.853. The summed E-state index contributed by atoms with van der Waals surface area (Å²) in [6.07, 6.45) is 5.06. The molecule has 0 amide bonds. The topological polar surface area (TPSA) is 26.0 Å². The first-order valence-corrected chi connectivity index (χ1v) is 5.74. The molecule has 0 atom stereocenters. The van der Waals surface area contributed by atoms with E-state index in [0.717, 1.165) is 22.4 Å². The van der Waals surface area contributed by atoms with Gasteiger partial charge in [0, 0.05) is 10.4 Å². The van der Waals surface area contributed by atoms with Gasteiger partial charge < -0.3 is 5.73 Å². The highest BCUT2D eigenvalue weighted by Gasteiger charge is 2.01. The van der Waals surface area contributed by atoms with Crippen LogP contribution < -0.4 is 5.73 Å². The molecule has 82 valence electrons. The Morgan fingerprint density at radius 3 is 2.62 bits per heavy atom. The third-order valence-electron chi connectivity index (χ3n) is 2.52. The molecular weight excluding hydrogens is 218 g/mol. The molecule has 0 bridgehead atoms. The second-order valence-electron chi connectivity index (χ2n) is 3.66. The summed E-state index contributed by atoms with van der Waals surface area (Å²) in [6.45, 7) is 0.676. The van der Waals surface area contributed by atoms with E-state index in [1.54, 1.807) is 0 Å². The molecule has 2 aromatic carbocycles. The van der Waals surface area contributed by atoms with E-state index in [9.17, 15) is 0 Å². The molecule has 1 nitrogen and oxygen atoms in total. The van der Waals surface area contributed by atoms with E-state index < -0.39 is 0 Å². The Bertz CT molecular complexity index is 512. The number of benzene rings is 2. The van der Waals surface area contributed by atoms with Crippen LogP contribution in [0.25, 0.3) is 16.8 Å². The van der Waals surface area contributed by atoms with Gasteiger partial charge in [-0.1, -0.05) is 54.1 Å². The minimum absolute atomic E-state index is 0.676. The van der Waals surface area contributed by atoms with Gasteiger partial charge in [0.1, 0.15) is 0 Å². The van der Waals surface area contributed by atoms with Gasteiger partial charge in [-0.3, -0.25) is 0 Å². The second-order valence-corrected chi connectivity index (χ2v) is 4.07. The maximum atomic E-state index is 6.22. The van der Waals surface area contributed by atoms with Gasteiger partial charge in [0.05, 0.1) is 0 Å². The number of nitrogens with two attached hydrogens (primary N) is 1. The molecular formula is C14H14ClN. The Labute approximate surface area is 101 Å². The van der Waals surface area contributed by atoms with Crippen LogP contribution in [0.3, 0.4) is 0 Å². The van der Waals surface area contributed by atoms with Crippen molar-refractivity contribution in [1.82, 2.24) is 0 Å². The van der Waals surface area contributed by atoms with Crippen LogP contribution in [0, 0.1) is 0 Å². The van der Waals surface area contributed by atoms with Gasteiger partial charge in [-0.25, -0.2) is 0 Å². The number of hydrogen-bond donors (Lipinski definition) is 1. The van der Waals surface area contributed by atoms with E-state index in [1.807, 2.05) is 18.2 Å². The van der Waals surface area contributed by atoms with Crippen molar-refractivity contribution >= 4 is 28.4 Å². The smallest absolute Gasteiger partial charge is 0.0490 e. The van der Waals surface area contributed by atoms with Crippen molar-refractivity contribution in [2.45, 2.75) is 6.42 Å². The van der Waals surface area contributed by atoms with E-state index in [0.29, 0.717) is 6.54 Å². The second kappa shape index (κ2) is 5.15. The monoisotopic (exact) mass is 231 g/mol. The van der Waals surface area contributed by atoms with Crippen LogP contribution in [0.4, 0.5) is 0 Å². The van der Waals surface area contributed by atoms with Crippen molar-refractivity contribution in [3.8, 4) is 0 Å². The summed E-state index contributed by atoms with van der Waals surface area (Å²) < 4.78 is 0. The molecule has 2 heteroatoms. The van der Waals surface area contributed by atoms with Crippen molar-refractivity contribution in [1.29, 1.82) is 0 Å². The van der Waals surface area contributed by atoms with E-state index in [1.165, 1.54) is 5.39 Å². The average molecular weight is 232 g/mol. The van der Waals surface area contributed by atoms with Gasteiger partial charge in [-0.2, -0.15) is 0 Å². The summed E-state index contributed by atoms with van der Waals surface area (Å²) in [4.78, 5) is 0. The molecule has 0 unspecified atom stereocenters. The zero-order valence-corrected chi connectivity index (χ0v) is 9.74. The Balaban J connectivity index is 2.52. The van der Waals surface area contributed by atoms with Crippen molar-refractivity contribution in [3.63, 3.8) is 0 Å². The van der Waals surface area contributed by atoms with E-state index in [4.69, 9.17) is 17.3 Å². The highest BCUT2D eigenvalue weighted by atomic mass is 35.5. The van der Waals surface area contributed by atoms with E-state index in [-0.39, 0.29) is 0 Å². The van der Waals surface area contributed by atoms with Crippen LogP contribution in [0.15, 0.2) is 42.5 Å². The Morgan fingerprint density at radius 1 is 1.12 bits per heavy atom. The van der Waals surface area contributed by atoms with Crippen LogP contribution in [0.2, 0.25) is 5.02 Å². The number of halogens is 1. The molecule has 0 saturated carbocycles. The minimum atomic E-state index is 0.676. The molecule has 2 rings (SSSR count). The lowest BCUT2D eigenvalue weighted by atomic mass is 10.0. The van der Waals surface area contributed by atoms with Crippen molar-refractivity contribution in [2.24, 2.45) is 5.73 Å². The fourth-order valence-corrected chi connectivity index (χ4v) is 2.06. The van der Waals surface area contributed by atoms with Gasteiger partial charge in [0.2, 0.25) is 0 Å². The van der Waals surface area contributed by atoms with Crippen LogP contribution in [-0.4, -0.2) is 6.54 Å². The molecule has 0 aromatic heterocycles. The average Bonchev–Trinajstić information content (AvgIpc) is 2.30. The highest BCUT2D eigenvalue weighted by molar-refractivity contribution is 6.36. The van der Waals surface area contributed by atoms with E-state index >= 15 is 0 Å². The van der Waals surface area contributed by atoms with Crippen LogP contribution >= 0.6 is 11.6 Å². The standard InChI is InChI=1S/C14H14ClN/c15-13-9-4-8-12-7-3-6-11(14(12)13)5-1-2-10-16/h1,3-9H,2,10,16H2. The van der Waals surface area contributed by atoms with Crippen molar-refractivity contribution in [2.75, 3.05) is 6.54 Å². The Kier molecular flexibility index (Phi) is 3.60. The fraction of sp³-hybridized carbons (Fsp3) is 0.143. The van der Waals surface area contributed by atoms with Gasteiger partial charge in [0.25, 0.3) is 0 Å². The summed E-state index contributed by atoms with van der Waals surface area (Å²) in [7, 11) is 0. The molecule has 0 fully saturated rings. The Hall–Kier alpha value is -1.31. The molecule has 0 aliphatic carbocycles. The maximum absolute atomic E-state index is 6.22. The SMILES string of the molecule is NCCC=Cc1cccc2cccc(Cl)c12. The summed E-state index contributed by atoms with van der Waals surface area (Å²) in [5, 5.41) is 3.08. The predicted molar refractivity (Wildman–Crippen MR) is 71.7 cm³/mol. The van der Waals surface area contributed by atoms with Crippen LogP contribution in [0.1, 0.15) is 12.0 Å². The first-order chi connectivity index (χ1) is 7.83. The minimum Gasteiger partial charge on any atom is -0.330 e. The lowest BCUT2D eigenvalue weighted by Gasteiger charge is -2.04.